The Kier molecular flexibility index (Phi) is 46.8. The Bertz CT molecular complexity index is 958. The van der Waals surface area contributed by atoms with Gasteiger partial charge in [0.05, 0.1) is 0 Å². The van der Waals surface area contributed by atoms with Gasteiger partial charge in [0.2, 0.25) is 0 Å². The van der Waals surface area contributed by atoms with Gasteiger partial charge in [-0.3, -0.25) is 14.4 Å². The van der Waals surface area contributed by atoms with Gasteiger partial charge in [0, 0.05) is 19.3 Å². The zero-order valence-electron chi connectivity index (χ0n) is 39.5. The van der Waals surface area contributed by atoms with E-state index in [-0.39, 0.29) is 37.5 Å². The van der Waals surface area contributed by atoms with Gasteiger partial charge in [-0.1, -0.05) is 244 Å². The molecule has 0 rings (SSSR count). The summed E-state index contributed by atoms with van der Waals surface area (Å²) in [6, 6.07) is 0. The van der Waals surface area contributed by atoms with Gasteiger partial charge >= 0.3 is 17.9 Å². The van der Waals surface area contributed by atoms with Gasteiger partial charge in [-0.25, -0.2) is 0 Å². The second-order valence-electron chi connectivity index (χ2n) is 17.4. The molecule has 0 fully saturated rings. The van der Waals surface area contributed by atoms with Crippen LogP contribution >= 0.6 is 0 Å². The molecule has 0 amide bonds. The molecule has 0 aromatic rings. The fraction of sp³-hybridized carbons (Fsp3) is 0.868. The fourth-order valence-corrected chi connectivity index (χ4v) is 7.56. The first kappa shape index (κ1) is 56.9. The van der Waals surface area contributed by atoms with Crippen LogP contribution in [0.3, 0.4) is 0 Å². The number of unbranched alkanes of at least 4 members (excludes halogenated alkanes) is 32. The Labute approximate surface area is 366 Å². The van der Waals surface area contributed by atoms with Crippen molar-refractivity contribution >= 4 is 17.9 Å². The number of rotatable bonds is 47. The van der Waals surface area contributed by atoms with Crippen molar-refractivity contribution in [3.8, 4) is 0 Å². The Balaban J connectivity index is 4.35. The van der Waals surface area contributed by atoms with E-state index in [1.807, 2.05) is 6.08 Å². The molecule has 0 aromatic carbocycles. The highest BCUT2D eigenvalue weighted by atomic mass is 16.6. The van der Waals surface area contributed by atoms with Crippen LogP contribution in [0, 0.1) is 0 Å². The van der Waals surface area contributed by atoms with Crippen LogP contribution in [0.2, 0.25) is 0 Å². The molecule has 0 spiro atoms. The Morgan fingerprint density at radius 2 is 0.644 bits per heavy atom. The maximum atomic E-state index is 12.7. The summed E-state index contributed by atoms with van der Waals surface area (Å²) in [4.78, 5) is 37.8. The number of carbonyl (C=O) groups is 3. The Morgan fingerprint density at radius 3 is 1.00 bits per heavy atom. The van der Waals surface area contributed by atoms with Crippen molar-refractivity contribution in [2.24, 2.45) is 0 Å². The van der Waals surface area contributed by atoms with Crippen LogP contribution < -0.4 is 0 Å². The van der Waals surface area contributed by atoms with Crippen LogP contribution in [0.1, 0.15) is 278 Å². The molecule has 6 nitrogen and oxygen atoms in total. The number of ether oxygens (including phenoxy) is 3. The molecule has 6 heteroatoms. The van der Waals surface area contributed by atoms with Gasteiger partial charge in [-0.05, 0) is 38.5 Å². The number of carbonyl (C=O) groups excluding carboxylic acids is 3. The molecule has 0 aliphatic rings. The maximum Gasteiger partial charge on any atom is 0.306 e. The first-order chi connectivity index (χ1) is 29.0. The molecule has 0 N–H and O–H groups in total. The predicted octanol–water partition coefficient (Wildman–Crippen LogP) is 16.8. The molecule has 0 radical (unpaired) electrons. The summed E-state index contributed by atoms with van der Waals surface area (Å²) in [5.74, 6) is -0.944. The highest BCUT2D eigenvalue weighted by Gasteiger charge is 2.19. The third-order valence-electron chi connectivity index (χ3n) is 11.5. The number of allylic oxidation sites excluding steroid dienone is 4. The molecule has 346 valence electrons. The first-order valence-electron chi connectivity index (χ1n) is 25.8. The van der Waals surface area contributed by atoms with E-state index in [1.54, 1.807) is 0 Å². The zero-order chi connectivity index (χ0) is 43.0. The average molecular weight is 831 g/mol. The largest absolute Gasteiger partial charge is 0.462 e. The van der Waals surface area contributed by atoms with Crippen LogP contribution in [-0.2, 0) is 28.6 Å². The molecule has 59 heavy (non-hydrogen) atoms. The highest BCUT2D eigenvalue weighted by Crippen LogP contribution is 2.16. The summed E-state index contributed by atoms with van der Waals surface area (Å²) in [6.45, 7) is 6.60. The van der Waals surface area contributed by atoms with Crippen molar-refractivity contribution in [3.63, 3.8) is 0 Å². The second kappa shape index (κ2) is 48.6. The van der Waals surface area contributed by atoms with Gasteiger partial charge in [0.15, 0.2) is 6.10 Å². The molecule has 0 heterocycles. The molecule has 0 aliphatic carbocycles. The van der Waals surface area contributed by atoms with Gasteiger partial charge in [-0.15, -0.1) is 0 Å². The van der Waals surface area contributed by atoms with E-state index < -0.39 is 6.10 Å². The van der Waals surface area contributed by atoms with Crippen LogP contribution in [0.5, 0.6) is 0 Å². The minimum atomic E-state index is -0.794. The molecule has 0 aromatic heterocycles. The van der Waals surface area contributed by atoms with Crippen molar-refractivity contribution in [2.75, 3.05) is 13.2 Å². The summed E-state index contributed by atoms with van der Waals surface area (Å²) in [6.07, 6.45) is 54.6. The van der Waals surface area contributed by atoms with E-state index in [0.29, 0.717) is 19.3 Å². The van der Waals surface area contributed by atoms with E-state index in [9.17, 15) is 14.4 Å². The molecule has 0 aliphatic heterocycles. The summed E-state index contributed by atoms with van der Waals surface area (Å²) in [7, 11) is 0. The molecule has 1 unspecified atom stereocenters. The number of hydrogen-bond donors (Lipinski definition) is 0. The quantitative estimate of drug-likeness (QED) is 0.0263. The summed E-state index contributed by atoms with van der Waals surface area (Å²) in [5, 5.41) is 0. The minimum Gasteiger partial charge on any atom is -0.462 e. The summed E-state index contributed by atoms with van der Waals surface area (Å²) >= 11 is 0. The van der Waals surface area contributed by atoms with Crippen molar-refractivity contribution in [2.45, 2.75) is 284 Å². The van der Waals surface area contributed by atoms with Crippen LogP contribution in [-0.4, -0.2) is 37.2 Å². The lowest BCUT2D eigenvalue weighted by molar-refractivity contribution is -0.166. The first-order valence-corrected chi connectivity index (χ1v) is 25.8. The van der Waals surface area contributed by atoms with E-state index in [0.717, 1.165) is 51.4 Å². The van der Waals surface area contributed by atoms with E-state index in [1.165, 1.54) is 180 Å². The van der Waals surface area contributed by atoms with Crippen LogP contribution in [0.25, 0.3) is 0 Å². The third kappa shape index (κ3) is 46.8. The smallest absolute Gasteiger partial charge is 0.306 e. The van der Waals surface area contributed by atoms with Gasteiger partial charge in [0.1, 0.15) is 13.2 Å². The van der Waals surface area contributed by atoms with E-state index in [2.05, 4.69) is 39.0 Å². The average Bonchev–Trinajstić information content (AvgIpc) is 3.23. The normalized spacial score (nSPS) is 12.1. The predicted molar refractivity (Wildman–Crippen MR) is 252 cm³/mol. The molecule has 0 bridgehead atoms. The Hall–Kier alpha value is -2.11. The molecule has 0 saturated heterocycles. The van der Waals surface area contributed by atoms with Crippen molar-refractivity contribution in [1.29, 1.82) is 0 Å². The SMILES string of the molecule is CCCCCCCC/C=C\C/C=C\CCC(=O)OC(COC(=O)CCCCCCCCCCCCC)COC(=O)CCCCCCCCCCCCCCCCCCC. The lowest BCUT2D eigenvalue weighted by atomic mass is 10.0. The van der Waals surface area contributed by atoms with Gasteiger partial charge in [0.25, 0.3) is 0 Å². The van der Waals surface area contributed by atoms with E-state index >= 15 is 0 Å². The zero-order valence-corrected chi connectivity index (χ0v) is 39.5. The standard InChI is InChI=1S/C53H98O6/c1-4-7-10-13-16-19-22-24-25-26-27-29-31-34-37-40-43-46-52(55)58-49-50(48-57-51(54)45-42-39-36-33-30-21-18-15-12-9-6-3)59-53(56)47-44-41-38-35-32-28-23-20-17-14-11-8-5-2/h28,32,38,41,50H,4-27,29-31,33-37,39-40,42-49H2,1-3H3/b32-28-,41-38-. The van der Waals surface area contributed by atoms with E-state index in [4.69, 9.17) is 14.2 Å². The highest BCUT2D eigenvalue weighted by molar-refractivity contribution is 5.71. The van der Waals surface area contributed by atoms with Gasteiger partial charge in [-0.2, -0.15) is 0 Å². The number of esters is 3. The van der Waals surface area contributed by atoms with Crippen molar-refractivity contribution in [3.05, 3.63) is 24.3 Å². The van der Waals surface area contributed by atoms with Crippen LogP contribution in [0.4, 0.5) is 0 Å². The molecular formula is C53H98O6. The van der Waals surface area contributed by atoms with Crippen molar-refractivity contribution < 1.29 is 28.6 Å². The lowest BCUT2D eigenvalue weighted by Crippen LogP contribution is -2.30. The number of hydrogen-bond acceptors (Lipinski definition) is 6. The minimum absolute atomic E-state index is 0.0888. The van der Waals surface area contributed by atoms with Gasteiger partial charge < -0.3 is 14.2 Å². The fourth-order valence-electron chi connectivity index (χ4n) is 7.56. The monoisotopic (exact) mass is 831 g/mol. The van der Waals surface area contributed by atoms with Crippen LogP contribution in [0.15, 0.2) is 24.3 Å². The van der Waals surface area contributed by atoms with Crippen molar-refractivity contribution in [1.82, 2.24) is 0 Å². The molecular weight excluding hydrogens is 733 g/mol. The summed E-state index contributed by atoms with van der Waals surface area (Å²) in [5.41, 5.74) is 0. The lowest BCUT2D eigenvalue weighted by Gasteiger charge is -2.18. The Morgan fingerprint density at radius 1 is 0.339 bits per heavy atom. The topological polar surface area (TPSA) is 78.9 Å². The maximum absolute atomic E-state index is 12.7. The molecule has 0 saturated carbocycles. The summed E-state index contributed by atoms with van der Waals surface area (Å²) < 4.78 is 16.7. The second-order valence-corrected chi connectivity index (χ2v) is 17.4. The third-order valence-corrected chi connectivity index (χ3v) is 11.5. The molecule has 1 atom stereocenters.